The van der Waals surface area contributed by atoms with Gasteiger partial charge in [0.25, 0.3) is 0 Å². The second kappa shape index (κ2) is 1.86. The van der Waals surface area contributed by atoms with Crippen LogP contribution in [-0.2, 0) is 4.79 Å². The summed E-state index contributed by atoms with van der Waals surface area (Å²) >= 11 is 0. The molecule has 0 aromatic heterocycles. The number of nitrogens with one attached hydrogen (secondary N) is 1. The van der Waals surface area contributed by atoms with E-state index in [0.29, 0.717) is 17.6 Å². The average molecular weight is 151 g/mol. The minimum absolute atomic E-state index is 0.490. The maximum absolute atomic E-state index is 11.6. The summed E-state index contributed by atoms with van der Waals surface area (Å²) in [5.74, 6) is 3.06. The van der Waals surface area contributed by atoms with Gasteiger partial charge >= 0.3 is 0 Å². The first-order valence-electron chi connectivity index (χ1n) is 4.62. The molecule has 60 valence electrons. The minimum Gasteiger partial charge on any atom is -0.316 e. The number of fused-ring (bicyclic) bond motifs is 1. The Morgan fingerprint density at radius 1 is 1.18 bits per heavy atom. The molecule has 1 saturated heterocycles. The SMILES string of the molecule is O=C(C1CC1)C1[C@H]2CNC[C@@H]12. The summed E-state index contributed by atoms with van der Waals surface area (Å²) in [5.41, 5.74) is 0. The van der Waals surface area contributed by atoms with Crippen molar-refractivity contribution in [3.05, 3.63) is 0 Å². The summed E-state index contributed by atoms with van der Waals surface area (Å²) in [6, 6.07) is 0. The van der Waals surface area contributed by atoms with E-state index in [1.807, 2.05) is 0 Å². The maximum Gasteiger partial charge on any atom is 0.139 e. The van der Waals surface area contributed by atoms with E-state index in [1.54, 1.807) is 0 Å². The van der Waals surface area contributed by atoms with E-state index in [-0.39, 0.29) is 0 Å². The standard InChI is InChI=1S/C9H13NO/c11-9(5-1-2-5)8-6-3-10-4-7(6)8/h5-8,10H,1-4H2/t6-,7+,8?. The lowest BCUT2D eigenvalue weighted by Gasteiger charge is -2.00. The molecule has 3 fully saturated rings. The van der Waals surface area contributed by atoms with Crippen molar-refractivity contribution in [2.24, 2.45) is 23.7 Å². The van der Waals surface area contributed by atoms with E-state index in [9.17, 15) is 4.79 Å². The molecule has 3 atom stereocenters. The van der Waals surface area contributed by atoms with Gasteiger partial charge < -0.3 is 5.32 Å². The Morgan fingerprint density at radius 2 is 1.82 bits per heavy atom. The summed E-state index contributed by atoms with van der Waals surface area (Å²) in [5, 5.41) is 3.31. The smallest absolute Gasteiger partial charge is 0.139 e. The lowest BCUT2D eigenvalue weighted by Crippen LogP contribution is -2.19. The van der Waals surface area contributed by atoms with Crippen LogP contribution in [0.4, 0.5) is 0 Å². The lowest BCUT2D eigenvalue weighted by atomic mass is 10.1. The largest absolute Gasteiger partial charge is 0.316 e. The van der Waals surface area contributed by atoms with Gasteiger partial charge in [0.15, 0.2) is 0 Å². The van der Waals surface area contributed by atoms with Gasteiger partial charge in [-0.25, -0.2) is 0 Å². The predicted molar refractivity (Wildman–Crippen MR) is 41.1 cm³/mol. The number of ketones is 1. The van der Waals surface area contributed by atoms with Crippen LogP contribution < -0.4 is 5.32 Å². The number of carbonyl (C=O) groups excluding carboxylic acids is 1. The highest BCUT2D eigenvalue weighted by molar-refractivity contribution is 5.88. The van der Waals surface area contributed by atoms with E-state index >= 15 is 0 Å². The molecule has 0 spiro atoms. The van der Waals surface area contributed by atoms with Gasteiger partial charge in [0, 0.05) is 11.8 Å². The van der Waals surface area contributed by atoms with Crippen molar-refractivity contribution in [2.75, 3.05) is 13.1 Å². The lowest BCUT2D eigenvalue weighted by molar-refractivity contribution is -0.122. The molecule has 2 heteroatoms. The third kappa shape index (κ3) is 0.791. The van der Waals surface area contributed by atoms with E-state index in [1.165, 1.54) is 12.8 Å². The summed E-state index contributed by atoms with van der Waals surface area (Å²) < 4.78 is 0. The Kier molecular flexibility index (Phi) is 1.05. The third-order valence-corrected chi connectivity index (χ3v) is 3.40. The summed E-state index contributed by atoms with van der Waals surface area (Å²) in [6.45, 7) is 2.21. The van der Waals surface area contributed by atoms with Crippen molar-refractivity contribution in [3.8, 4) is 0 Å². The quantitative estimate of drug-likeness (QED) is 0.620. The Bertz CT molecular complexity index is 200. The van der Waals surface area contributed by atoms with Crippen molar-refractivity contribution >= 4 is 5.78 Å². The molecule has 3 rings (SSSR count). The zero-order chi connectivity index (χ0) is 7.42. The molecule has 0 amide bonds. The molecule has 11 heavy (non-hydrogen) atoms. The normalized spacial score (nSPS) is 47.1. The highest BCUT2D eigenvalue weighted by Gasteiger charge is 2.58. The second-order valence-corrected chi connectivity index (χ2v) is 4.19. The Labute approximate surface area is 66.4 Å². The number of rotatable bonds is 2. The summed E-state index contributed by atoms with van der Waals surface area (Å²) in [4.78, 5) is 11.6. The third-order valence-electron chi connectivity index (χ3n) is 3.40. The maximum atomic E-state index is 11.6. The molecular formula is C9H13NO. The van der Waals surface area contributed by atoms with Gasteiger partial charge in [0.05, 0.1) is 0 Å². The van der Waals surface area contributed by atoms with Crippen LogP contribution >= 0.6 is 0 Å². The van der Waals surface area contributed by atoms with E-state index in [2.05, 4.69) is 5.32 Å². The second-order valence-electron chi connectivity index (χ2n) is 4.19. The molecular weight excluding hydrogens is 138 g/mol. The number of hydrogen-bond donors (Lipinski definition) is 1. The van der Waals surface area contributed by atoms with Crippen LogP contribution in [0.25, 0.3) is 0 Å². The molecule has 1 aliphatic heterocycles. The Morgan fingerprint density at radius 3 is 2.36 bits per heavy atom. The van der Waals surface area contributed by atoms with Crippen LogP contribution in [0, 0.1) is 23.7 Å². The molecule has 2 saturated carbocycles. The number of hydrogen-bond acceptors (Lipinski definition) is 2. The minimum atomic E-state index is 0.490. The fraction of sp³-hybridized carbons (Fsp3) is 0.889. The van der Waals surface area contributed by atoms with Crippen molar-refractivity contribution in [1.82, 2.24) is 5.32 Å². The van der Waals surface area contributed by atoms with Gasteiger partial charge in [-0.3, -0.25) is 4.79 Å². The molecule has 0 aromatic carbocycles. The van der Waals surface area contributed by atoms with Gasteiger partial charge in [-0.2, -0.15) is 0 Å². The van der Waals surface area contributed by atoms with Crippen LogP contribution in [0.2, 0.25) is 0 Å². The van der Waals surface area contributed by atoms with Crippen molar-refractivity contribution in [1.29, 1.82) is 0 Å². The summed E-state index contributed by atoms with van der Waals surface area (Å²) in [6.07, 6.45) is 2.37. The van der Waals surface area contributed by atoms with Crippen LogP contribution in [0.1, 0.15) is 12.8 Å². The fourth-order valence-electron chi connectivity index (χ4n) is 2.48. The zero-order valence-electron chi connectivity index (χ0n) is 6.55. The van der Waals surface area contributed by atoms with Crippen molar-refractivity contribution in [3.63, 3.8) is 0 Å². The van der Waals surface area contributed by atoms with Crippen LogP contribution in [0.5, 0.6) is 0 Å². The number of carbonyl (C=O) groups is 1. The van der Waals surface area contributed by atoms with Crippen LogP contribution in [-0.4, -0.2) is 18.9 Å². The topological polar surface area (TPSA) is 29.1 Å². The zero-order valence-corrected chi connectivity index (χ0v) is 6.55. The highest BCUT2D eigenvalue weighted by atomic mass is 16.1. The van der Waals surface area contributed by atoms with Gasteiger partial charge in [-0.05, 0) is 37.8 Å². The summed E-state index contributed by atoms with van der Waals surface area (Å²) in [7, 11) is 0. The molecule has 0 radical (unpaired) electrons. The average Bonchev–Trinajstić information content (AvgIpc) is 2.91. The van der Waals surface area contributed by atoms with Crippen molar-refractivity contribution < 1.29 is 4.79 Å². The van der Waals surface area contributed by atoms with Crippen molar-refractivity contribution in [2.45, 2.75) is 12.8 Å². The predicted octanol–water partition coefficient (Wildman–Crippen LogP) is 0.431. The monoisotopic (exact) mass is 151 g/mol. The van der Waals surface area contributed by atoms with E-state index in [0.717, 1.165) is 24.9 Å². The molecule has 2 nitrogen and oxygen atoms in total. The fourth-order valence-corrected chi connectivity index (χ4v) is 2.48. The highest BCUT2D eigenvalue weighted by Crippen LogP contribution is 2.52. The van der Waals surface area contributed by atoms with Crippen LogP contribution in [0.15, 0.2) is 0 Å². The van der Waals surface area contributed by atoms with Gasteiger partial charge in [0.1, 0.15) is 5.78 Å². The number of piperidine rings is 1. The molecule has 3 aliphatic rings. The molecule has 1 heterocycles. The van der Waals surface area contributed by atoms with Gasteiger partial charge in [-0.15, -0.1) is 0 Å². The van der Waals surface area contributed by atoms with Gasteiger partial charge in [-0.1, -0.05) is 0 Å². The van der Waals surface area contributed by atoms with Gasteiger partial charge in [0.2, 0.25) is 0 Å². The van der Waals surface area contributed by atoms with E-state index in [4.69, 9.17) is 0 Å². The molecule has 1 unspecified atom stereocenters. The first kappa shape index (κ1) is 6.18. The van der Waals surface area contributed by atoms with E-state index < -0.39 is 0 Å². The number of Topliss-reactive ketones (excluding diaryl/α,β-unsaturated/α-hetero) is 1. The molecule has 1 N–H and O–H groups in total. The molecule has 2 aliphatic carbocycles. The van der Waals surface area contributed by atoms with Crippen LogP contribution in [0.3, 0.4) is 0 Å². The Hall–Kier alpha value is -0.370. The first-order chi connectivity index (χ1) is 5.38. The molecule has 0 aromatic rings. The first-order valence-corrected chi connectivity index (χ1v) is 4.62. The molecule has 0 bridgehead atoms. The Balaban J connectivity index is 1.69.